The van der Waals surface area contributed by atoms with Gasteiger partial charge in [0.25, 0.3) is 5.91 Å². The molecule has 0 saturated carbocycles. The summed E-state index contributed by atoms with van der Waals surface area (Å²) in [5.74, 6) is -2.10. The first-order valence-corrected chi connectivity index (χ1v) is 16.6. The van der Waals surface area contributed by atoms with E-state index in [9.17, 15) is 28.8 Å². The van der Waals surface area contributed by atoms with Crippen molar-refractivity contribution in [1.82, 2.24) is 15.6 Å². The van der Waals surface area contributed by atoms with Crippen LogP contribution in [0.4, 0.5) is 25.5 Å². The zero-order chi connectivity index (χ0) is 39.6. The third-order valence-electron chi connectivity index (χ3n) is 6.96. The molecule has 15 nitrogen and oxygen atoms in total. The molecule has 4 aromatic rings. The smallest absolute Gasteiger partial charge is 0.408 e. The van der Waals surface area contributed by atoms with Gasteiger partial charge in [-0.3, -0.25) is 9.59 Å². The lowest BCUT2D eigenvalue weighted by Crippen LogP contribution is -2.52. The van der Waals surface area contributed by atoms with Crippen molar-refractivity contribution in [3.05, 3.63) is 84.1 Å². The quantitative estimate of drug-likeness (QED) is 0.114. The maximum absolute atomic E-state index is 14.3. The van der Waals surface area contributed by atoms with Gasteiger partial charge in [-0.05, 0) is 89.6 Å². The van der Waals surface area contributed by atoms with Gasteiger partial charge < -0.3 is 44.6 Å². The lowest BCUT2D eigenvalue weighted by atomic mass is 9.97. The highest BCUT2D eigenvalue weighted by molar-refractivity contribution is 6.03. The number of nitrogens with zero attached hydrogens (tertiary/aromatic N) is 2. The Bertz CT molecular complexity index is 2030. The fraction of sp³-hybridized carbons (Fsp3) is 0.316. The van der Waals surface area contributed by atoms with Crippen LogP contribution in [0.1, 0.15) is 57.7 Å². The molecule has 0 aliphatic heterocycles. The van der Waals surface area contributed by atoms with E-state index in [1.165, 1.54) is 37.6 Å². The molecular formula is C38H41FN6O9. The third-order valence-corrected chi connectivity index (χ3v) is 6.96. The Morgan fingerprint density at radius 1 is 0.907 bits per heavy atom. The number of alkyl carbamates (subject to hydrolysis) is 2. The Kier molecular flexibility index (Phi) is 13.0. The number of furan rings is 1. The van der Waals surface area contributed by atoms with Crippen molar-refractivity contribution in [2.24, 2.45) is 0 Å². The molecule has 2 heterocycles. The fourth-order valence-corrected chi connectivity index (χ4v) is 4.79. The molecule has 2 aromatic carbocycles. The van der Waals surface area contributed by atoms with Gasteiger partial charge in [0.15, 0.2) is 18.4 Å². The van der Waals surface area contributed by atoms with E-state index in [0.717, 1.165) is 6.07 Å². The van der Waals surface area contributed by atoms with E-state index in [2.05, 4.69) is 32.3 Å². The predicted octanol–water partition coefficient (Wildman–Crippen LogP) is 6.61. The van der Waals surface area contributed by atoms with Crippen molar-refractivity contribution in [1.29, 1.82) is 5.26 Å². The molecule has 54 heavy (non-hydrogen) atoms. The predicted molar refractivity (Wildman–Crippen MR) is 195 cm³/mol. The average Bonchev–Trinajstić information content (AvgIpc) is 3.63. The van der Waals surface area contributed by atoms with Crippen molar-refractivity contribution < 1.29 is 46.9 Å². The molecule has 16 heteroatoms. The molecular weight excluding hydrogens is 703 g/mol. The standard InChI is InChI=1S/C38H41FN6O9/c1-37(2,3)53-35(48)41-20-29(44-36(49)54-38(4,5)6)33(46)42-24-11-8-10-22(16-24)26-18-28(25-14-13-23(39)17-31(25)52-21-50-7)43-32(27(26)19-40)45-34(47)30-12-9-15-51-30/h8-18,29H,20-21H2,1-7H3,(H,41,48)(H,42,46)(H,44,49)(H,43,45,47)/t29-/m0/s1. The molecule has 4 rings (SSSR count). The first-order chi connectivity index (χ1) is 25.5. The minimum Gasteiger partial charge on any atom is -0.467 e. The molecule has 4 amide bonds. The van der Waals surface area contributed by atoms with Gasteiger partial charge in [-0.1, -0.05) is 12.1 Å². The summed E-state index contributed by atoms with van der Waals surface area (Å²) in [5, 5.41) is 20.7. The van der Waals surface area contributed by atoms with E-state index in [-0.39, 0.29) is 53.2 Å². The molecule has 0 unspecified atom stereocenters. The van der Waals surface area contributed by atoms with Crippen LogP contribution >= 0.6 is 0 Å². The summed E-state index contributed by atoms with van der Waals surface area (Å²) in [6, 6.07) is 15.4. The summed E-state index contributed by atoms with van der Waals surface area (Å²) in [4.78, 5) is 56.3. The Morgan fingerprint density at radius 2 is 1.63 bits per heavy atom. The highest BCUT2D eigenvalue weighted by Gasteiger charge is 2.27. The van der Waals surface area contributed by atoms with Crippen LogP contribution in [0.15, 0.2) is 71.3 Å². The third kappa shape index (κ3) is 11.5. The number of carbonyl (C=O) groups is 4. The largest absolute Gasteiger partial charge is 0.467 e. The van der Waals surface area contributed by atoms with E-state index in [4.69, 9.17) is 23.4 Å². The summed E-state index contributed by atoms with van der Waals surface area (Å²) < 4.78 is 40.7. The number of rotatable bonds is 12. The number of aromatic nitrogens is 1. The van der Waals surface area contributed by atoms with E-state index in [1.54, 1.807) is 71.9 Å². The molecule has 4 N–H and O–H groups in total. The van der Waals surface area contributed by atoms with Crippen LogP contribution in [0.2, 0.25) is 0 Å². The molecule has 2 aromatic heterocycles. The Balaban J connectivity index is 1.74. The summed E-state index contributed by atoms with van der Waals surface area (Å²) >= 11 is 0. The lowest BCUT2D eigenvalue weighted by Gasteiger charge is -2.24. The van der Waals surface area contributed by atoms with Gasteiger partial charge in [-0.15, -0.1) is 0 Å². The van der Waals surface area contributed by atoms with Gasteiger partial charge in [0.1, 0.15) is 40.4 Å². The number of hydrogen-bond donors (Lipinski definition) is 4. The van der Waals surface area contributed by atoms with Gasteiger partial charge in [0, 0.05) is 30.0 Å². The van der Waals surface area contributed by atoms with E-state index in [0.29, 0.717) is 11.1 Å². The van der Waals surface area contributed by atoms with Crippen molar-refractivity contribution in [3.63, 3.8) is 0 Å². The molecule has 0 fully saturated rings. The van der Waals surface area contributed by atoms with Gasteiger partial charge in [-0.2, -0.15) is 5.26 Å². The monoisotopic (exact) mass is 744 g/mol. The number of amides is 4. The second kappa shape index (κ2) is 17.4. The molecule has 0 aliphatic rings. The Labute approximate surface area is 311 Å². The Hall–Kier alpha value is -6.47. The van der Waals surface area contributed by atoms with Gasteiger partial charge in [0.2, 0.25) is 5.91 Å². The van der Waals surface area contributed by atoms with Crippen LogP contribution in [0.5, 0.6) is 5.75 Å². The molecule has 0 radical (unpaired) electrons. The first kappa shape index (κ1) is 40.3. The van der Waals surface area contributed by atoms with Crippen molar-refractivity contribution in [2.75, 3.05) is 31.1 Å². The molecule has 0 spiro atoms. The van der Waals surface area contributed by atoms with Gasteiger partial charge >= 0.3 is 12.2 Å². The molecule has 0 aliphatic carbocycles. The minimum atomic E-state index is -1.31. The molecule has 0 saturated heterocycles. The van der Waals surface area contributed by atoms with Crippen LogP contribution in [-0.2, 0) is 19.0 Å². The second-order valence-corrected chi connectivity index (χ2v) is 13.7. The summed E-state index contributed by atoms with van der Waals surface area (Å²) in [7, 11) is 1.40. The van der Waals surface area contributed by atoms with Gasteiger partial charge in [0.05, 0.1) is 18.5 Å². The first-order valence-electron chi connectivity index (χ1n) is 16.6. The van der Waals surface area contributed by atoms with E-state index >= 15 is 0 Å². The average molecular weight is 745 g/mol. The number of hydrogen-bond acceptors (Lipinski definition) is 11. The van der Waals surface area contributed by atoms with Crippen LogP contribution in [0.3, 0.4) is 0 Å². The maximum atomic E-state index is 14.3. The zero-order valence-electron chi connectivity index (χ0n) is 30.8. The fourth-order valence-electron chi connectivity index (χ4n) is 4.79. The molecule has 284 valence electrons. The second-order valence-electron chi connectivity index (χ2n) is 13.7. The van der Waals surface area contributed by atoms with Crippen LogP contribution < -0.4 is 26.0 Å². The topological polar surface area (TPSA) is 203 Å². The summed E-state index contributed by atoms with van der Waals surface area (Å²) in [6.45, 7) is 9.44. The number of pyridine rings is 1. The lowest BCUT2D eigenvalue weighted by molar-refractivity contribution is -0.118. The summed E-state index contributed by atoms with van der Waals surface area (Å²) in [6.07, 6.45) is -0.393. The summed E-state index contributed by atoms with van der Waals surface area (Å²) in [5.41, 5.74) is -0.334. The molecule has 0 bridgehead atoms. The van der Waals surface area contributed by atoms with Crippen molar-refractivity contribution in [2.45, 2.75) is 58.8 Å². The van der Waals surface area contributed by atoms with Crippen molar-refractivity contribution in [3.8, 4) is 34.2 Å². The van der Waals surface area contributed by atoms with Gasteiger partial charge in [-0.25, -0.2) is 19.0 Å². The number of methoxy groups -OCH3 is 1. The minimum absolute atomic E-state index is 0.0426. The van der Waals surface area contributed by atoms with Crippen LogP contribution in [-0.4, -0.2) is 66.7 Å². The number of ether oxygens (including phenoxy) is 4. The highest BCUT2D eigenvalue weighted by Crippen LogP contribution is 2.37. The number of carbonyl (C=O) groups excluding carboxylic acids is 4. The highest BCUT2D eigenvalue weighted by atomic mass is 19.1. The number of benzene rings is 2. The number of anilines is 2. The van der Waals surface area contributed by atoms with Crippen LogP contribution in [0, 0.1) is 17.1 Å². The number of nitriles is 1. The number of nitrogens with one attached hydrogen (secondary N) is 4. The zero-order valence-corrected chi connectivity index (χ0v) is 30.8. The van der Waals surface area contributed by atoms with Crippen LogP contribution in [0.25, 0.3) is 22.4 Å². The Morgan fingerprint density at radius 3 is 2.28 bits per heavy atom. The van der Waals surface area contributed by atoms with Crippen molar-refractivity contribution >= 4 is 35.5 Å². The number of halogens is 1. The normalized spacial score (nSPS) is 11.8. The maximum Gasteiger partial charge on any atom is 0.408 e. The van der Waals surface area contributed by atoms with E-state index < -0.39 is 47.1 Å². The van der Waals surface area contributed by atoms with E-state index in [1.807, 2.05) is 0 Å². The molecule has 1 atom stereocenters. The SMILES string of the molecule is COCOc1cc(F)ccc1-c1cc(-c2cccc(NC(=O)[C@H](CNC(=O)OC(C)(C)C)NC(=O)OC(C)(C)C)c2)c(C#N)c(NC(=O)c2ccco2)n1.